The van der Waals surface area contributed by atoms with Crippen LogP contribution >= 0.6 is 0 Å². The van der Waals surface area contributed by atoms with Crippen molar-refractivity contribution in [2.24, 2.45) is 5.92 Å². The van der Waals surface area contributed by atoms with Gasteiger partial charge in [-0.1, -0.05) is 13.8 Å². The van der Waals surface area contributed by atoms with Gasteiger partial charge in [0.2, 0.25) is 5.91 Å². The second-order valence-electron chi connectivity index (χ2n) is 6.70. The van der Waals surface area contributed by atoms with Crippen molar-refractivity contribution < 1.29 is 9.90 Å². The maximum Gasteiger partial charge on any atom is 0.225 e. The van der Waals surface area contributed by atoms with Gasteiger partial charge in [-0.2, -0.15) is 0 Å². The first-order valence-corrected chi connectivity index (χ1v) is 8.06. The predicted octanol–water partition coefficient (Wildman–Crippen LogP) is 0.0563. The van der Waals surface area contributed by atoms with Gasteiger partial charge in [-0.3, -0.25) is 9.69 Å². The van der Waals surface area contributed by atoms with Crippen LogP contribution in [-0.4, -0.2) is 68.4 Å². The number of fused-ring (bicyclic) bond motifs is 1. The Kier molecular flexibility index (Phi) is 4.18. The summed E-state index contributed by atoms with van der Waals surface area (Å²) in [6.45, 7) is 6.69. The Bertz CT molecular complexity index is 556. The molecule has 1 saturated heterocycles. The molecule has 1 fully saturated rings. The van der Waals surface area contributed by atoms with Crippen molar-refractivity contribution in [1.29, 1.82) is 0 Å². The standard InChI is InChI=1S/C15H25N5O2/c1-10(2)15(22)19-5-4-13-16-17-14(20(13)7-6-19)12-8-11(21)9-18(12)3/h10-12,21H,4-9H2,1-3H3/t11-,12+/m1/s1. The van der Waals surface area contributed by atoms with E-state index in [0.717, 1.165) is 24.6 Å². The monoisotopic (exact) mass is 307 g/mol. The number of hydrogen-bond donors (Lipinski definition) is 1. The summed E-state index contributed by atoms with van der Waals surface area (Å²) in [4.78, 5) is 16.3. The van der Waals surface area contributed by atoms with E-state index in [1.807, 2.05) is 25.8 Å². The van der Waals surface area contributed by atoms with E-state index in [0.29, 0.717) is 26.1 Å². The highest BCUT2D eigenvalue weighted by Crippen LogP contribution is 2.30. The highest BCUT2D eigenvalue weighted by Gasteiger charge is 2.34. The van der Waals surface area contributed by atoms with Gasteiger partial charge in [-0.25, -0.2) is 0 Å². The van der Waals surface area contributed by atoms with Crippen LogP contribution in [0.5, 0.6) is 0 Å². The molecule has 1 aromatic heterocycles. The normalized spacial score (nSPS) is 26.3. The number of aliphatic hydroxyl groups excluding tert-OH is 1. The smallest absolute Gasteiger partial charge is 0.225 e. The molecule has 3 rings (SSSR count). The molecule has 122 valence electrons. The van der Waals surface area contributed by atoms with Crippen LogP contribution in [-0.2, 0) is 17.8 Å². The highest BCUT2D eigenvalue weighted by molar-refractivity contribution is 5.78. The Hall–Kier alpha value is -1.47. The van der Waals surface area contributed by atoms with Gasteiger partial charge in [-0.15, -0.1) is 10.2 Å². The van der Waals surface area contributed by atoms with E-state index in [9.17, 15) is 9.90 Å². The molecule has 0 aliphatic carbocycles. The summed E-state index contributed by atoms with van der Waals surface area (Å²) in [5, 5.41) is 18.5. The highest BCUT2D eigenvalue weighted by atomic mass is 16.3. The minimum atomic E-state index is -0.298. The van der Waals surface area contributed by atoms with E-state index in [1.165, 1.54) is 0 Å². The van der Waals surface area contributed by atoms with Crippen LogP contribution in [0.3, 0.4) is 0 Å². The number of nitrogens with zero attached hydrogens (tertiary/aromatic N) is 5. The van der Waals surface area contributed by atoms with Gasteiger partial charge in [0.25, 0.3) is 0 Å². The quantitative estimate of drug-likeness (QED) is 0.836. The van der Waals surface area contributed by atoms with Crippen molar-refractivity contribution in [2.45, 2.75) is 45.4 Å². The molecule has 0 spiro atoms. The molecule has 0 bridgehead atoms. The Morgan fingerprint density at radius 1 is 1.27 bits per heavy atom. The van der Waals surface area contributed by atoms with Crippen LogP contribution in [0, 0.1) is 5.92 Å². The van der Waals surface area contributed by atoms with E-state index in [2.05, 4.69) is 19.7 Å². The third kappa shape index (κ3) is 2.75. The zero-order chi connectivity index (χ0) is 15.9. The lowest BCUT2D eigenvalue weighted by molar-refractivity contribution is -0.134. The third-order valence-electron chi connectivity index (χ3n) is 4.68. The number of aliphatic hydroxyl groups is 1. The number of likely N-dealkylation sites (N-methyl/N-ethyl adjacent to an activating group) is 1. The van der Waals surface area contributed by atoms with Crippen LogP contribution in [0.2, 0.25) is 0 Å². The fourth-order valence-corrected chi connectivity index (χ4v) is 3.45. The molecule has 0 radical (unpaired) electrons. The van der Waals surface area contributed by atoms with Crippen molar-refractivity contribution in [2.75, 3.05) is 26.7 Å². The minimum Gasteiger partial charge on any atom is -0.392 e. The predicted molar refractivity (Wildman–Crippen MR) is 81.1 cm³/mol. The van der Waals surface area contributed by atoms with E-state index in [-0.39, 0.29) is 24.0 Å². The van der Waals surface area contributed by atoms with Crippen LogP contribution in [0.1, 0.15) is 38.0 Å². The van der Waals surface area contributed by atoms with Gasteiger partial charge in [0, 0.05) is 38.5 Å². The molecule has 3 heterocycles. The molecule has 1 N–H and O–H groups in total. The summed E-state index contributed by atoms with van der Waals surface area (Å²) in [6.07, 6.45) is 1.14. The Morgan fingerprint density at radius 3 is 2.68 bits per heavy atom. The number of carbonyl (C=O) groups is 1. The molecule has 22 heavy (non-hydrogen) atoms. The molecule has 0 unspecified atom stereocenters. The van der Waals surface area contributed by atoms with E-state index >= 15 is 0 Å². The van der Waals surface area contributed by atoms with Gasteiger partial charge in [-0.05, 0) is 13.5 Å². The summed E-state index contributed by atoms with van der Waals surface area (Å²) in [5.41, 5.74) is 0. The molecule has 7 nitrogen and oxygen atoms in total. The lowest BCUT2D eigenvalue weighted by Crippen LogP contribution is -2.36. The SMILES string of the molecule is CC(C)C(=O)N1CCc2nnc([C@@H]3C[C@@H](O)CN3C)n2CC1. The zero-order valence-corrected chi connectivity index (χ0v) is 13.6. The number of carbonyl (C=O) groups excluding carboxylic acids is 1. The summed E-state index contributed by atoms with van der Waals surface area (Å²) < 4.78 is 2.15. The number of β-amino-alcohol motifs (C(OH)–C–C–N with tert-alkyl or cyclic N) is 1. The lowest BCUT2D eigenvalue weighted by Gasteiger charge is -2.23. The fraction of sp³-hybridized carbons (Fsp3) is 0.800. The molecule has 2 aliphatic heterocycles. The van der Waals surface area contributed by atoms with Crippen LogP contribution in [0.25, 0.3) is 0 Å². The summed E-state index contributed by atoms with van der Waals surface area (Å²) in [5.74, 6) is 2.10. The van der Waals surface area contributed by atoms with E-state index < -0.39 is 0 Å². The summed E-state index contributed by atoms with van der Waals surface area (Å²) in [6, 6.07) is 0.114. The van der Waals surface area contributed by atoms with Crippen LogP contribution in [0.4, 0.5) is 0 Å². The zero-order valence-electron chi connectivity index (χ0n) is 13.6. The lowest BCUT2D eigenvalue weighted by atomic mass is 10.2. The molecular formula is C15H25N5O2. The van der Waals surface area contributed by atoms with Crippen molar-refractivity contribution in [3.05, 3.63) is 11.6 Å². The maximum absolute atomic E-state index is 12.2. The molecular weight excluding hydrogens is 282 g/mol. The summed E-state index contributed by atoms with van der Waals surface area (Å²) in [7, 11) is 2.01. The van der Waals surface area contributed by atoms with Gasteiger partial charge in [0.1, 0.15) is 5.82 Å². The van der Waals surface area contributed by atoms with Gasteiger partial charge >= 0.3 is 0 Å². The average Bonchev–Trinajstić information content (AvgIpc) is 2.93. The topological polar surface area (TPSA) is 74.5 Å². The van der Waals surface area contributed by atoms with E-state index in [1.54, 1.807) is 0 Å². The van der Waals surface area contributed by atoms with E-state index in [4.69, 9.17) is 0 Å². The van der Waals surface area contributed by atoms with Crippen molar-refractivity contribution in [1.82, 2.24) is 24.6 Å². The number of aromatic nitrogens is 3. The molecule has 0 aromatic carbocycles. The molecule has 7 heteroatoms. The molecule has 2 aliphatic rings. The van der Waals surface area contributed by atoms with Gasteiger partial charge in [0.15, 0.2) is 5.82 Å². The van der Waals surface area contributed by atoms with Gasteiger partial charge in [0.05, 0.1) is 12.1 Å². The van der Waals surface area contributed by atoms with Crippen LogP contribution in [0.15, 0.2) is 0 Å². The van der Waals surface area contributed by atoms with Gasteiger partial charge < -0.3 is 14.6 Å². The first-order valence-electron chi connectivity index (χ1n) is 8.06. The van der Waals surface area contributed by atoms with Crippen molar-refractivity contribution >= 4 is 5.91 Å². The largest absolute Gasteiger partial charge is 0.392 e. The third-order valence-corrected chi connectivity index (χ3v) is 4.68. The first-order chi connectivity index (χ1) is 10.5. The Balaban J connectivity index is 1.78. The fourth-order valence-electron chi connectivity index (χ4n) is 3.45. The van der Waals surface area contributed by atoms with Crippen LogP contribution < -0.4 is 0 Å². The number of likely N-dealkylation sites (tertiary alicyclic amines) is 1. The second kappa shape index (κ2) is 5.96. The molecule has 1 amide bonds. The molecule has 2 atom stereocenters. The Morgan fingerprint density at radius 2 is 2.05 bits per heavy atom. The maximum atomic E-state index is 12.2. The molecule has 0 saturated carbocycles. The number of amides is 1. The second-order valence-corrected chi connectivity index (χ2v) is 6.70. The number of hydrogen-bond acceptors (Lipinski definition) is 5. The summed E-state index contributed by atoms with van der Waals surface area (Å²) >= 11 is 0. The average molecular weight is 307 g/mol. The van der Waals surface area contributed by atoms with Crippen molar-refractivity contribution in [3.63, 3.8) is 0 Å². The molecule has 1 aromatic rings. The Labute approximate surface area is 130 Å². The van der Waals surface area contributed by atoms with Crippen molar-refractivity contribution in [3.8, 4) is 0 Å². The first kappa shape index (κ1) is 15.4. The number of rotatable bonds is 2. The minimum absolute atomic E-state index is 0.0270.